The first-order valence-corrected chi connectivity index (χ1v) is 8.44. The topological polar surface area (TPSA) is 43.4 Å². The summed E-state index contributed by atoms with van der Waals surface area (Å²) >= 11 is 17.6. The zero-order chi connectivity index (χ0) is 13.8. The minimum Gasteiger partial charge on any atom is -0.490 e. The molecule has 0 heterocycles. The first-order valence-electron chi connectivity index (χ1n) is 5.24. The third kappa shape index (κ3) is 5.65. The summed E-state index contributed by atoms with van der Waals surface area (Å²) < 4.78 is 27.2. The average Bonchev–Trinajstić information content (AvgIpc) is 2.19. The number of sulfone groups is 1. The Bertz CT molecular complexity index is 491. The van der Waals surface area contributed by atoms with Gasteiger partial charge in [0.05, 0.1) is 22.4 Å². The summed E-state index contributed by atoms with van der Waals surface area (Å²) in [6.07, 6.45) is 2.37. The minimum absolute atomic E-state index is 0.151. The quantitative estimate of drug-likeness (QED) is 0.744. The fourth-order valence-electron chi connectivity index (χ4n) is 1.31. The normalized spacial score (nSPS) is 11.6. The monoisotopic (exact) mass is 330 g/mol. The summed E-state index contributed by atoms with van der Waals surface area (Å²) in [4.78, 5) is 0. The number of rotatable bonds is 6. The Balaban J connectivity index is 2.45. The number of hydrogen-bond donors (Lipinski definition) is 0. The molecule has 0 aliphatic heterocycles. The average molecular weight is 332 g/mol. The van der Waals surface area contributed by atoms with Crippen LogP contribution >= 0.6 is 34.8 Å². The van der Waals surface area contributed by atoms with Gasteiger partial charge in [-0.3, -0.25) is 0 Å². The van der Waals surface area contributed by atoms with Crippen LogP contribution in [-0.4, -0.2) is 27.0 Å². The Labute approximate surface area is 122 Å². The van der Waals surface area contributed by atoms with E-state index in [0.29, 0.717) is 40.3 Å². The van der Waals surface area contributed by atoms with Crippen molar-refractivity contribution in [2.45, 2.75) is 12.8 Å². The number of halogens is 3. The van der Waals surface area contributed by atoms with Crippen LogP contribution in [0.2, 0.25) is 15.1 Å². The third-order valence-corrected chi connectivity index (χ3v) is 3.93. The van der Waals surface area contributed by atoms with Crippen LogP contribution in [0.5, 0.6) is 5.75 Å². The lowest BCUT2D eigenvalue weighted by atomic mass is 10.3. The Kier molecular flexibility index (Phi) is 6.05. The highest BCUT2D eigenvalue weighted by atomic mass is 35.5. The van der Waals surface area contributed by atoms with Crippen LogP contribution in [0.3, 0.4) is 0 Å². The van der Waals surface area contributed by atoms with E-state index in [1.54, 1.807) is 12.1 Å². The van der Waals surface area contributed by atoms with Crippen molar-refractivity contribution >= 4 is 44.6 Å². The van der Waals surface area contributed by atoms with Gasteiger partial charge in [0.2, 0.25) is 0 Å². The summed E-state index contributed by atoms with van der Waals surface area (Å²) in [6.45, 7) is 0.358. The maximum absolute atomic E-state index is 10.9. The van der Waals surface area contributed by atoms with Gasteiger partial charge in [-0.15, -0.1) is 0 Å². The molecule has 0 aliphatic rings. The molecule has 1 aromatic carbocycles. The molecule has 7 heteroatoms. The summed E-state index contributed by atoms with van der Waals surface area (Å²) in [7, 11) is -2.92. The lowest BCUT2D eigenvalue weighted by Crippen LogP contribution is -2.05. The van der Waals surface area contributed by atoms with Gasteiger partial charge in [0.15, 0.2) is 5.75 Å². The fourth-order valence-corrected chi connectivity index (χ4v) is 2.96. The van der Waals surface area contributed by atoms with Crippen molar-refractivity contribution < 1.29 is 13.2 Å². The predicted molar refractivity (Wildman–Crippen MR) is 75.9 cm³/mol. The molecule has 0 unspecified atom stereocenters. The maximum atomic E-state index is 10.9. The van der Waals surface area contributed by atoms with Gasteiger partial charge in [-0.1, -0.05) is 34.8 Å². The molecule has 0 aromatic heterocycles. The summed E-state index contributed by atoms with van der Waals surface area (Å²) in [6, 6.07) is 3.08. The van der Waals surface area contributed by atoms with E-state index >= 15 is 0 Å². The standard InChI is InChI=1S/C11H13Cl3O3S/c1-18(15,16)5-3-2-4-17-11-9(13)6-8(12)7-10(11)14/h6-7H,2-5H2,1H3. The lowest BCUT2D eigenvalue weighted by molar-refractivity contribution is 0.310. The number of benzene rings is 1. The van der Waals surface area contributed by atoms with Gasteiger partial charge in [0.25, 0.3) is 0 Å². The highest BCUT2D eigenvalue weighted by molar-refractivity contribution is 7.90. The van der Waals surface area contributed by atoms with Crippen molar-refractivity contribution in [3.05, 3.63) is 27.2 Å². The SMILES string of the molecule is CS(=O)(=O)CCCCOc1c(Cl)cc(Cl)cc1Cl. The molecular weight excluding hydrogens is 319 g/mol. The van der Waals surface area contributed by atoms with E-state index in [4.69, 9.17) is 39.5 Å². The molecule has 1 aromatic rings. The summed E-state index contributed by atoms with van der Waals surface area (Å²) in [5.41, 5.74) is 0. The van der Waals surface area contributed by atoms with Crippen molar-refractivity contribution in [1.29, 1.82) is 0 Å². The van der Waals surface area contributed by atoms with Crippen LogP contribution in [0.15, 0.2) is 12.1 Å². The second-order valence-electron chi connectivity index (χ2n) is 3.88. The van der Waals surface area contributed by atoms with E-state index < -0.39 is 9.84 Å². The highest BCUT2D eigenvalue weighted by Gasteiger charge is 2.09. The molecule has 0 aliphatic carbocycles. The molecule has 3 nitrogen and oxygen atoms in total. The van der Waals surface area contributed by atoms with E-state index in [2.05, 4.69) is 0 Å². The second-order valence-corrected chi connectivity index (χ2v) is 7.39. The van der Waals surface area contributed by atoms with Crippen molar-refractivity contribution in [2.24, 2.45) is 0 Å². The fraction of sp³-hybridized carbons (Fsp3) is 0.455. The summed E-state index contributed by atoms with van der Waals surface area (Å²) in [5.74, 6) is 0.528. The Morgan fingerprint density at radius 2 is 1.67 bits per heavy atom. The van der Waals surface area contributed by atoms with Gasteiger partial charge < -0.3 is 4.74 Å². The molecule has 0 fully saturated rings. The smallest absolute Gasteiger partial charge is 0.156 e. The van der Waals surface area contributed by atoms with E-state index in [-0.39, 0.29) is 5.75 Å². The van der Waals surface area contributed by atoms with Crippen LogP contribution in [0.4, 0.5) is 0 Å². The Morgan fingerprint density at radius 3 is 2.17 bits per heavy atom. The van der Waals surface area contributed by atoms with Crippen molar-refractivity contribution in [3.63, 3.8) is 0 Å². The van der Waals surface area contributed by atoms with Crippen LogP contribution in [0, 0.1) is 0 Å². The predicted octanol–water partition coefficient (Wildman–Crippen LogP) is 3.85. The van der Waals surface area contributed by atoms with E-state index in [1.165, 1.54) is 6.26 Å². The lowest BCUT2D eigenvalue weighted by Gasteiger charge is -2.10. The van der Waals surface area contributed by atoms with Crippen LogP contribution in [-0.2, 0) is 9.84 Å². The zero-order valence-electron chi connectivity index (χ0n) is 9.75. The number of hydrogen-bond acceptors (Lipinski definition) is 3. The van der Waals surface area contributed by atoms with Crippen LogP contribution in [0.25, 0.3) is 0 Å². The largest absolute Gasteiger partial charge is 0.490 e. The van der Waals surface area contributed by atoms with Gasteiger partial charge in [0.1, 0.15) is 9.84 Å². The van der Waals surface area contributed by atoms with Crippen LogP contribution < -0.4 is 4.74 Å². The summed E-state index contributed by atoms with van der Waals surface area (Å²) in [5, 5.41) is 1.13. The molecule has 0 saturated carbocycles. The Morgan fingerprint density at radius 1 is 1.11 bits per heavy atom. The molecule has 1 rings (SSSR count). The van der Waals surface area contributed by atoms with Crippen molar-refractivity contribution in [3.8, 4) is 5.75 Å². The molecule has 0 N–H and O–H groups in total. The van der Waals surface area contributed by atoms with Gasteiger partial charge in [0, 0.05) is 11.3 Å². The van der Waals surface area contributed by atoms with Crippen LogP contribution in [0.1, 0.15) is 12.8 Å². The van der Waals surface area contributed by atoms with E-state index in [0.717, 1.165) is 0 Å². The van der Waals surface area contributed by atoms with Gasteiger partial charge in [-0.2, -0.15) is 0 Å². The molecular formula is C11H13Cl3O3S. The van der Waals surface area contributed by atoms with E-state index in [9.17, 15) is 8.42 Å². The first kappa shape index (κ1) is 15.9. The minimum atomic E-state index is -2.92. The number of unbranched alkanes of at least 4 members (excludes halogenated alkanes) is 1. The molecule has 0 saturated heterocycles. The van der Waals surface area contributed by atoms with Crippen molar-refractivity contribution in [2.75, 3.05) is 18.6 Å². The zero-order valence-corrected chi connectivity index (χ0v) is 12.8. The molecule has 0 bridgehead atoms. The highest BCUT2D eigenvalue weighted by Crippen LogP contribution is 2.35. The Hall–Kier alpha value is -0.160. The van der Waals surface area contributed by atoms with Gasteiger partial charge in [-0.25, -0.2) is 8.42 Å². The van der Waals surface area contributed by atoms with E-state index in [1.807, 2.05) is 0 Å². The molecule has 0 radical (unpaired) electrons. The molecule has 0 atom stereocenters. The first-order chi connectivity index (χ1) is 8.29. The molecule has 102 valence electrons. The van der Waals surface area contributed by atoms with Gasteiger partial charge in [-0.05, 0) is 25.0 Å². The van der Waals surface area contributed by atoms with Gasteiger partial charge >= 0.3 is 0 Å². The molecule has 0 spiro atoms. The molecule has 0 amide bonds. The van der Waals surface area contributed by atoms with Crippen molar-refractivity contribution in [1.82, 2.24) is 0 Å². The third-order valence-electron chi connectivity index (χ3n) is 2.12. The molecule has 18 heavy (non-hydrogen) atoms. The number of ether oxygens (including phenoxy) is 1. The maximum Gasteiger partial charge on any atom is 0.156 e. The second kappa shape index (κ2) is 6.85.